The van der Waals surface area contributed by atoms with Gasteiger partial charge in [0.2, 0.25) is 5.91 Å². The van der Waals surface area contributed by atoms with E-state index in [4.69, 9.17) is 11.6 Å². The monoisotopic (exact) mass is 423 g/mol. The average molecular weight is 424 g/mol. The molecule has 2 amide bonds. The van der Waals surface area contributed by atoms with Gasteiger partial charge in [0, 0.05) is 29.1 Å². The number of benzene rings is 2. The number of carbonyl (C=O) groups is 2. The van der Waals surface area contributed by atoms with Crippen molar-refractivity contribution in [1.82, 2.24) is 10.6 Å². The largest absolute Gasteiger partial charge is 0.362 e. The topological polar surface area (TPSA) is 70.2 Å². The minimum Gasteiger partial charge on any atom is -0.362 e. The lowest BCUT2D eigenvalue weighted by atomic mass is 9.51. The van der Waals surface area contributed by atoms with Crippen molar-refractivity contribution in [2.75, 3.05) is 5.32 Å². The van der Waals surface area contributed by atoms with Gasteiger partial charge in [-0.1, -0.05) is 48.9 Å². The highest BCUT2D eigenvalue weighted by Crippen LogP contribution is 2.58. The Kier molecular flexibility index (Phi) is 4.55. The zero-order chi connectivity index (χ0) is 20.9. The molecule has 3 fully saturated rings. The molecule has 1 heterocycles. The highest BCUT2D eigenvalue weighted by molar-refractivity contribution is 6.31. The number of para-hydroxylation sites is 1. The third kappa shape index (κ3) is 3.07. The molecule has 2 bridgehead atoms. The number of rotatable bonds is 3. The van der Waals surface area contributed by atoms with E-state index in [-0.39, 0.29) is 29.1 Å². The van der Waals surface area contributed by atoms with Gasteiger partial charge in [0.25, 0.3) is 5.91 Å². The van der Waals surface area contributed by atoms with Crippen LogP contribution >= 0.6 is 11.6 Å². The number of fused-ring (bicyclic) bond motifs is 3. The summed E-state index contributed by atoms with van der Waals surface area (Å²) < 4.78 is 0. The van der Waals surface area contributed by atoms with Crippen LogP contribution in [0.15, 0.2) is 48.5 Å². The number of hydrogen-bond donors (Lipinski definition) is 3. The van der Waals surface area contributed by atoms with Gasteiger partial charge in [-0.3, -0.25) is 9.59 Å². The second-order valence-corrected chi connectivity index (χ2v) is 9.67. The van der Waals surface area contributed by atoms with Crippen LogP contribution in [0.5, 0.6) is 0 Å². The summed E-state index contributed by atoms with van der Waals surface area (Å²) in [5.41, 5.74) is 1.85. The van der Waals surface area contributed by atoms with Crippen molar-refractivity contribution in [3.05, 3.63) is 64.7 Å². The maximum atomic E-state index is 13.1. The number of nitrogens with one attached hydrogen (secondary N) is 3. The first-order valence-electron chi connectivity index (χ1n) is 10.6. The summed E-state index contributed by atoms with van der Waals surface area (Å²) >= 11 is 6.24. The zero-order valence-corrected chi connectivity index (χ0v) is 17.8. The number of anilines is 1. The molecule has 30 heavy (non-hydrogen) atoms. The van der Waals surface area contributed by atoms with E-state index < -0.39 is 5.66 Å². The van der Waals surface area contributed by atoms with Crippen molar-refractivity contribution >= 4 is 29.1 Å². The molecular weight excluding hydrogens is 398 g/mol. The fraction of sp³-hybridized carbons (Fsp3) is 0.417. The summed E-state index contributed by atoms with van der Waals surface area (Å²) in [5, 5.41) is 10.7. The molecule has 6 heteroatoms. The quantitative estimate of drug-likeness (QED) is 0.688. The van der Waals surface area contributed by atoms with Gasteiger partial charge in [-0.2, -0.15) is 0 Å². The van der Waals surface area contributed by atoms with Gasteiger partial charge in [0.05, 0.1) is 5.56 Å². The van der Waals surface area contributed by atoms with E-state index in [0.29, 0.717) is 17.1 Å². The van der Waals surface area contributed by atoms with E-state index >= 15 is 0 Å². The highest BCUT2D eigenvalue weighted by atomic mass is 35.5. The first-order valence-corrected chi connectivity index (χ1v) is 11.0. The molecule has 0 radical (unpaired) electrons. The number of hydrogen-bond acceptors (Lipinski definition) is 3. The molecule has 0 saturated heterocycles. The minimum absolute atomic E-state index is 0.0276. The summed E-state index contributed by atoms with van der Waals surface area (Å²) in [6, 6.07) is 15.2. The van der Waals surface area contributed by atoms with E-state index in [9.17, 15) is 9.59 Å². The van der Waals surface area contributed by atoms with Gasteiger partial charge in [0.15, 0.2) is 0 Å². The molecule has 0 unspecified atom stereocenters. The van der Waals surface area contributed by atoms with Crippen molar-refractivity contribution < 1.29 is 9.59 Å². The molecule has 4 atom stereocenters. The molecule has 5 nitrogen and oxygen atoms in total. The van der Waals surface area contributed by atoms with Crippen LogP contribution in [-0.2, 0) is 11.3 Å². The lowest BCUT2D eigenvalue weighted by Gasteiger charge is -2.60. The van der Waals surface area contributed by atoms with E-state index in [1.807, 2.05) is 48.5 Å². The van der Waals surface area contributed by atoms with E-state index in [2.05, 4.69) is 22.9 Å². The summed E-state index contributed by atoms with van der Waals surface area (Å²) in [4.78, 5) is 26.0. The summed E-state index contributed by atoms with van der Waals surface area (Å²) in [6.07, 6.45) is 3.50. The first kappa shape index (κ1) is 19.4. The van der Waals surface area contributed by atoms with Gasteiger partial charge in [-0.05, 0) is 54.9 Å². The van der Waals surface area contributed by atoms with E-state index in [0.717, 1.165) is 36.9 Å². The Morgan fingerprint density at radius 3 is 2.73 bits per heavy atom. The second-order valence-electron chi connectivity index (χ2n) is 9.26. The molecule has 3 saturated carbocycles. The minimum atomic E-state index is -0.474. The van der Waals surface area contributed by atoms with Crippen LogP contribution in [0.1, 0.15) is 48.5 Å². The highest BCUT2D eigenvalue weighted by Gasteiger charge is 2.60. The summed E-state index contributed by atoms with van der Waals surface area (Å²) in [7, 11) is 0. The molecule has 3 N–H and O–H groups in total. The van der Waals surface area contributed by atoms with Gasteiger partial charge in [-0.15, -0.1) is 0 Å². The van der Waals surface area contributed by atoms with E-state index in [1.54, 1.807) is 0 Å². The molecule has 1 aliphatic heterocycles. The fourth-order valence-electron chi connectivity index (χ4n) is 5.80. The van der Waals surface area contributed by atoms with E-state index in [1.165, 1.54) is 0 Å². The van der Waals surface area contributed by atoms with Gasteiger partial charge in [0.1, 0.15) is 5.66 Å². The summed E-state index contributed by atoms with van der Waals surface area (Å²) in [5.74, 6) is 0.202. The lowest BCUT2D eigenvalue weighted by molar-refractivity contribution is -0.139. The maximum Gasteiger partial charge on any atom is 0.255 e. The SMILES string of the molecule is C[C@]12CC[C@@H](C[C@@H]1C(=O)NCc1ccccc1Cl)[C@]1(C2)NC(=O)c2ccccc2N1. The standard InChI is InChI=1S/C24H26ClN3O2/c1-23-11-10-16(12-18(23)22(30)26-13-15-6-2-4-8-19(15)25)24(14-23)27-20-9-5-3-7-17(20)21(29)28-24/h2-9,16,18,27H,10-14H2,1H3,(H,26,30)(H,28,29)/t16-,18+,23+,24-/m0/s1. The van der Waals surface area contributed by atoms with Crippen LogP contribution < -0.4 is 16.0 Å². The fourth-order valence-corrected chi connectivity index (χ4v) is 6.00. The Morgan fingerprint density at radius 1 is 1.17 bits per heavy atom. The van der Waals surface area contributed by atoms with Crippen molar-refractivity contribution in [1.29, 1.82) is 0 Å². The molecule has 2 aromatic carbocycles. The van der Waals surface area contributed by atoms with Crippen LogP contribution in [0.4, 0.5) is 5.69 Å². The molecule has 6 rings (SSSR count). The molecule has 156 valence electrons. The van der Waals surface area contributed by atoms with Crippen LogP contribution in [0.25, 0.3) is 0 Å². The Bertz CT molecular complexity index is 1030. The normalized spacial score (nSPS) is 31.6. The van der Waals surface area contributed by atoms with Crippen LogP contribution in [0.2, 0.25) is 5.02 Å². The zero-order valence-electron chi connectivity index (χ0n) is 17.0. The molecule has 2 aromatic rings. The third-order valence-electron chi connectivity index (χ3n) is 7.40. The average Bonchev–Trinajstić information content (AvgIpc) is 2.72. The Balaban J connectivity index is 1.35. The van der Waals surface area contributed by atoms with Crippen molar-refractivity contribution in [3.63, 3.8) is 0 Å². The number of carbonyl (C=O) groups excluding carboxylic acids is 2. The second kappa shape index (κ2) is 7.02. The first-order chi connectivity index (χ1) is 14.4. The Morgan fingerprint density at radius 2 is 1.93 bits per heavy atom. The predicted molar refractivity (Wildman–Crippen MR) is 117 cm³/mol. The smallest absolute Gasteiger partial charge is 0.255 e. The Labute approximate surface area is 181 Å². The maximum absolute atomic E-state index is 13.1. The van der Waals surface area contributed by atoms with Crippen molar-refractivity contribution in [2.45, 2.75) is 44.8 Å². The molecule has 1 spiro atoms. The van der Waals surface area contributed by atoms with Gasteiger partial charge < -0.3 is 16.0 Å². The lowest BCUT2D eigenvalue weighted by Crippen LogP contribution is -2.70. The van der Waals surface area contributed by atoms with Crippen molar-refractivity contribution in [2.24, 2.45) is 17.3 Å². The predicted octanol–water partition coefficient (Wildman–Crippen LogP) is 4.33. The molecule has 0 aromatic heterocycles. The van der Waals surface area contributed by atoms with Crippen LogP contribution in [-0.4, -0.2) is 17.5 Å². The third-order valence-corrected chi connectivity index (χ3v) is 7.77. The number of amides is 2. The van der Waals surface area contributed by atoms with Crippen LogP contribution in [0.3, 0.4) is 0 Å². The van der Waals surface area contributed by atoms with Crippen molar-refractivity contribution in [3.8, 4) is 0 Å². The molecular formula is C24H26ClN3O2. The summed E-state index contributed by atoms with van der Waals surface area (Å²) in [6.45, 7) is 2.63. The number of halogens is 1. The van der Waals surface area contributed by atoms with Gasteiger partial charge >= 0.3 is 0 Å². The van der Waals surface area contributed by atoms with Crippen LogP contribution in [0, 0.1) is 17.3 Å². The molecule has 3 aliphatic carbocycles. The Hall–Kier alpha value is -2.53. The molecule has 4 aliphatic rings. The van der Waals surface area contributed by atoms with Gasteiger partial charge in [-0.25, -0.2) is 0 Å².